The summed E-state index contributed by atoms with van der Waals surface area (Å²) in [6, 6.07) is 8.08. The fourth-order valence-electron chi connectivity index (χ4n) is 0.954. The van der Waals surface area contributed by atoms with Gasteiger partial charge in [0.2, 0.25) is 0 Å². The Labute approximate surface area is 138 Å². The minimum atomic E-state index is -0.804. The van der Waals surface area contributed by atoms with Crippen LogP contribution < -0.4 is 42.3 Å². The van der Waals surface area contributed by atoms with Crippen molar-refractivity contribution in [1.82, 2.24) is 0 Å². The van der Waals surface area contributed by atoms with Gasteiger partial charge in [-0.25, -0.2) is 0 Å². The van der Waals surface area contributed by atoms with Gasteiger partial charge in [-0.3, -0.25) is 4.79 Å². The first-order chi connectivity index (χ1) is 6.66. The molecule has 0 aliphatic rings. The van der Waals surface area contributed by atoms with E-state index in [0.717, 1.165) is 0 Å². The topological polar surface area (TPSA) is 76.5 Å². The van der Waals surface area contributed by atoms with Gasteiger partial charge in [0, 0.05) is 5.56 Å². The minimum absolute atomic E-state index is 0. The van der Waals surface area contributed by atoms with Gasteiger partial charge < -0.3 is 47.9 Å². The van der Waals surface area contributed by atoms with Crippen LogP contribution in [0, 0.1) is 0 Å². The molecule has 0 aromatic heterocycles. The van der Waals surface area contributed by atoms with Gasteiger partial charge >= 0.3 is 27.4 Å². The zero-order valence-electron chi connectivity index (χ0n) is 8.94. The van der Waals surface area contributed by atoms with Gasteiger partial charge in [-0.1, -0.05) is 36.9 Å². The molecule has 8 heteroatoms. The van der Waals surface area contributed by atoms with Gasteiger partial charge in [0.15, 0.2) is 0 Å². The minimum Gasteiger partial charge on any atom is -1.00 e. The summed E-state index contributed by atoms with van der Waals surface area (Å²) >= 11 is 0. The number of benzene rings is 1. The average Bonchev–Trinajstić information content (AvgIpc) is 2.19. The first kappa shape index (κ1) is 26.1. The molecule has 94 valence electrons. The Hall–Kier alpha value is -0.606. The normalized spacial score (nSPS) is 6.89. The van der Waals surface area contributed by atoms with E-state index in [9.17, 15) is 9.90 Å². The molecule has 4 nitrogen and oxygen atoms in total. The van der Waals surface area contributed by atoms with E-state index >= 15 is 0 Å². The SMILES string of the molecule is C=C([O-])C(=[N+]=[N-])C(=O)c1ccccc1.[Cl-].[Cl-].[Cl-].[Ti+4]. The molecule has 0 atom stereocenters. The van der Waals surface area contributed by atoms with E-state index in [1.807, 2.05) is 0 Å². The number of carbonyl (C=O) groups excluding carboxylic acids is 1. The predicted octanol–water partition coefficient (Wildman–Crippen LogP) is -8.58. The second-order valence-corrected chi connectivity index (χ2v) is 2.57. The number of halogens is 3. The van der Waals surface area contributed by atoms with Crippen molar-refractivity contribution >= 4 is 11.5 Å². The van der Waals surface area contributed by atoms with Crippen molar-refractivity contribution in [2.45, 2.75) is 0 Å². The molecule has 0 unspecified atom stereocenters. The van der Waals surface area contributed by atoms with E-state index in [2.05, 4.69) is 11.4 Å². The van der Waals surface area contributed by atoms with E-state index in [1.165, 1.54) is 12.1 Å². The Balaban J connectivity index is -0.000000245. The third-order valence-electron chi connectivity index (χ3n) is 1.62. The summed E-state index contributed by atoms with van der Waals surface area (Å²) < 4.78 is 0. The van der Waals surface area contributed by atoms with Crippen LogP contribution in [0.15, 0.2) is 42.7 Å². The molecule has 0 bridgehead atoms. The molecular formula is C10H7Cl3N2O2Ti. The van der Waals surface area contributed by atoms with E-state index < -0.39 is 17.3 Å². The summed E-state index contributed by atoms with van der Waals surface area (Å²) in [7, 11) is 0. The Morgan fingerprint density at radius 2 is 1.61 bits per heavy atom. The van der Waals surface area contributed by atoms with Crippen molar-refractivity contribution < 1.29 is 73.6 Å². The number of nitrogens with zero attached hydrogens (tertiary/aromatic N) is 2. The largest absolute Gasteiger partial charge is 4.00 e. The van der Waals surface area contributed by atoms with Crippen molar-refractivity contribution in [1.29, 1.82) is 0 Å². The number of rotatable bonds is 3. The first-order valence-corrected chi connectivity index (χ1v) is 3.85. The molecule has 1 aromatic carbocycles. The summed E-state index contributed by atoms with van der Waals surface area (Å²) in [5.41, 5.74) is 8.16. The molecule has 0 saturated carbocycles. The molecule has 0 radical (unpaired) electrons. The molecule has 18 heavy (non-hydrogen) atoms. The maximum atomic E-state index is 11.5. The molecule has 1 rings (SSSR count). The van der Waals surface area contributed by atoms with Crippen LogP contribution in [-0.2, 0) is 21.7 Å². The Bertz CT molecular complexity index is 434. The number of Topliss-reactive ketones (excluding diaryl/α,β-unsaturated/α-hetero) is 1. The van der Waals surface area contributed by atoms with Gasteiger partial charge in [0.25, 0.3) is 5.78 Å². The standard InChI is InChI=1S/C10H8N2O2.3ClH.Ti/c1-7(13)9(12-11)10(14)8-5-3-2-4-6-8;;;;/h2-6,13H,1H2;3*1H;/q;;;;+4/p-4. The molecule has 0 aliphatic heterocycles. The molecule has 0 fully saturated rings. The Morgan fingerprint density at radius 1 is 1.17 bits per heavy atom. The van der Waals surface area contributed by atoms with E-state index in [4.69, 9.17) is 5.53 Å². The van der Waals surface area contributed by atoms with Crippen LogP contribution in [0.3, 0.4) is 0 Å². The van der Waals surface area contributed by atoms with Crippen molar-refractivity contribution in [3.05, 3.63) is 53.8 Å². The van der Waals surface area contributed by atoms with Crippen molar-refractivity contribution in [2.24, 2.45) is 0 Å². The van der Waals surface area contributed by atoms with E-state index in [0.29, 0.717) is 0 Å². The Morgan fingerprint density at radius 3 is 1.94 bits per heavy atom. The monoisotopic (exact) mass is 340 g/mol. The maximum absolute atomic E-state index is 11.5. The fourth-order valence-corrected chi connectivity index (χ4v) is 0.954. The molecule has 0 N–H and O–H groups in total. The first-order valence-electron chi connectivity index (χ1n) is 3.85. The summed E-state index contributed by atoms with van der Waals surface area (Å²) in [6.45, 7) is 3.01. The maximum Gasteiger partial charge on any atom is 4.00 e. The average molecular weight is 341 g/mol. The van der Waals surface area contributed by atoms with E-state index in [-0.39, 0.29) is 64.5 Å². The van der Waals surface area contributed by atoms with Crippen LogP contribution in [0.4, 0.5) is 0 Å². The molecule has 0 amide bonds. The molecule has 0 aliphatic carbocycles. The molecule has 0 saturated heterocycles. The quantitative estimate of drug-likeness (QED) is 0.137. The number of ketones is 1. The second-order valence-electron chi connectivity index (χ2n) is 2.57. The zero-order valence-corrected chi connectivity index (χ0v) is 12.8. The van der Waals surface area contributed by atoms with E-state index in [1.54, 1.807) is 18.2 Å². The van der Waals surface area contributed by atoms with Crippen molar-refractivity contribution in [2.75, 3.05) is 0 Å². The van der Waals surface area contributed by atoms with Crippen molar-refractivity contribution in [3.8, 4) is 0 Å². The summed E-state index contributed by atoms with van der Waals surface area (Å²) in [6.07, 6.45) is 0. The molecular weight excluding hydrogens is 334 g/mol. The zero-order chi connectivity index (χ0) is 10.6. The predicted molar refractivity (Wildman–Crippen MR) is 48.5 cm³/mol. The smallest absolute Gasteiger partial charge is 1.00 e. The third-order valence-corrected chi connectivity index (χ3v) is 1.62. The van der Waals surface area contributed by atoms with Gasteiger partial charge in [0.1, 0.15) is 0 Å². The van der Waals surface area contributed by atoms with Crippen molar-refractivity contribution in [3.63, 3.8) is 0 Å². The summed E-state index contributed by atoms with van der Waals surface area (Å²) in [5, 5.41) is 10.8. The van der Waals surface area contributed by atoms with Crippen LogP contribution in [0.25, 0.3) is 5.53 Å². The molecule has 1 aromatic rings. The van der Waals surface area contributed by atoms with Gasteiger partial charge in [-0.15, -0.1) is 0 Å². The third kappa shape index (κ3) is 6.97. The van der Waals surface area contributed by atoms with Crippen LogP contribution in [-0.4, -0.2) is 16.3 Å². The van der Waals surface area contributed by atoms with Crippen LogP contribution in [0.2, 0.25) is 0 Å². The second kappa shape index (κ2) is 12.8. The van der Waals surface area contributed by atoms with Crippen LogP contribution >= 0.6 is 0 Å². The number of hydrogen-bond donors (Lipinski definition) is 0. The summed E-state index contributed by atoms with van der Waals surface area (Å²) in [5.74, 6) is -1.44. The summed E-state index contributed by atoms with van der Waals surface area (Å²) in [4.78, 5) is 14.1. The number of carbonyl (C=O) groups is 1. The number of allylic oxidation sites excluding steroid dienone is 1. The van der Waals surface area contributed by atoms with Crippen LogP contribution in [0.5, 0.6) is 0 Å². The Kier molecular flexibility index (Phi) is 18.6. The van der Waals surface area contributed by atoms with Gasteiger partial charge in [-0.05, 0) is 5.76 Å². The number of hydrogen-bond acceptors (Lipinski definition) is 2. The fraction of sp³-hybridized carbons (Fsp3) is 0. The van der Waals surface area contributed by atoms with Gasteiger partial charge in [0.05, 0.1) is 0 Å². The molecule has 0 heterocycles. The molecule has 0 spiro atoms. The van der Waals surface area contributed by atoms with Gasteiger partial charge in [-0.2, -0.15) is 4.79 Å². The van der Waals surface area contributed by atoms with Crippen LogP contribution in [0.1, 0.15) is 10.4 Å².